The van der Waals surface area contributed by atoms with E-state index >= 15 is 0 Å². The predicted molar refractivity (Wildman–Crippen MR) is 148 cm³/mol. The zero-order valence-corrected chi connectivity index (χ0v) is 25.4. The maximum atomic E-state index is 13.8. The summed E-state index contributed by atoms with van der Waals surface area (Å²) in [5.41, 5.74) is 0.200. The monoisotopic (exact) mass is 530 g/mol. The van der Waals surface area contributed by atoms with Gasteiger partial charge in [0.05, 0.1) is 11.5 Å². The van der Waals surface area contributed by atoms with Crippen molar-refractivity contribution in [3.05, 3.63) is 0 Å². The molecule has 0 bridgehead atoms. The summed E-state index contributed by atoms with van der Waals surface area (Å²) < 4.78 is 10.7. The van der Waals surface area contributed by atoms with Crippen LogP contribution in [0.2, 0.25) is 0 Å². The summed E-state index contributed by atoms with van der Waals surface area (Å²) in [6.45, 7) is 18.2. The van der Waals surface area contributed by atoms with Gasteiger partial charge in [0.2, 0.25) is 6.79 Å². The first kappa shape index (κ1) is 28.4. The molecule has 3 unspecified atom stereocenters. The van der Waals surface area contributed by atoms with Crippen LogP contribution in [0.3, 0.4) is 0 Å². The van der Waals surface area contributed by atoms with Gasteiger partial charge >= 0.3 is 11.9 Å². The Morgan fingerprint density at radius 2 is 1.53 bits per heavy atom. The fourth-order valence-electron chi connectivity index (χ4n) is 12.0. The first-order valence-corrected chi connectivity index (χ1v) is 15.6. The number of hydrogen-bond acceptors (Lipinski definition) is 5. The van der Waals surface area contributed by atoms with Gasteiger partial charge in [0.15, 0.2) is 0 Å². The molecule has 1 N–H and O–H groups in total. The topological polar surface area (TPSA) is 72.8 Å². The van der Waals surface area contributed by atoms with Gasteiger partial charge in [-0.15, -0.1) is 0 Å². The molecule has 5 heteroatoms. The fourth-order valence-corrected chi connectivity index (χ4v) is 12.0. The summed E-state index contributed by atoms with van der Waals surface area (Å²) in [4.78, 5) is 25.1. The van der Waals surface area contributed by atoms with E-state index in [9.17, 15) is 14.7 Å². The fraction of sp³-hybridized carbons (Fsp3) is 0.939. The Bertz CT molecular complexity index is 957. The minimum atomic E-state index is -0.444. The van der Waals surface area contributed by atoms with Crippen LogP contribution in [0.25, 0.3) is 0 Å². The van der Waals surface area contributed by atoms with Crippen LogP contribution in [0.5, 0.6) is 0 Å². The van der Waals surface area contributed by atoms with Gasteiger partial charge in [0.1, 0.15) is 0 Å². The van der Waals surface area contributed by atoms with E-state index in [4.69, 9.17) is 9.47 Å². The number of fused-ring (bicyclic) bond motifs is 7. The molecule has 0 spiro atoms. The highest BCUT2D eigenvalue weighted by molar-refractivity contribution is 5.78. The maximum absolute atomic E-state index is 13.8. The van der Waals surface area contributed by atoms with E-state index in [0.29, 0.717) is 35.5 Å². The largest absolute Gasteiger partial charge is 0.428 e. The minimum Gasteiger partial charge on any atom is -0.428 e. The third kappa shape index (κ3) is 3.72. The summed E-state index contributed by atoms with van der Waals surface area (Å²) in [6, 6.07) is 0. The molecule has 216 valence electrons. The van der Waals surface area contributed by atoms with Crippen LogP contribution in [0.4, 0.5) is 0 Å². The van der Waals surface area contributed by atoms with E-state index in [1.165, 1.54) is 32.6 Å². The van der Waals surface area contributed by atoms with Crippen LogP contribution in [0, 0.1) is 62.6 Å². The van der Waals surface area contributed by atoms with Gasteiger partial charge in [-0.25, -0.2) is 0 Å². The van der Waals surface area contributed by atoms with Crippen LogP contribution in [0.1, 0.15) is 120 Å². The Morgan fingerprint density at radius 3 is 2.18 bits per heavy atom. The normalized spacial score (nSPS) is 49.3. The van der Waals surface area contributed by atoms with E-state index in [2.05, 4.69) is 48.5 Å². The molecule has 5 fully saturated rings. The molecule has 5 aliphatic carbocycles. The zero-order chi connectivity index (χ0) is 27.9. The lowest BCUT2D eigenvalue weighted by Crippen LogP contribution is -2.67. The first-order chi connectivity index (χ1) is 17.6. The van der Waals surface area contributed by atoms with Crippen LogP contribution < -0.4 is 0 Å². The number of rotatable bonds is 4. The second-order valence-corrected chi connectivity index (χ2v) is 15.9. The average Bonchev–Trinajstić information content (AvgIpc) is 3.23. The van der Waals surface area contributed by atoms with Crippen molar-refractivity contribution in [3.63, 3.8) is 0 Å². The van der Waals surface area contributed by atoms with Gasteiger partial charge in [-0.05, 0) is 121 Å². The summed E-state index contributed by atoms with van der Waals surface area (Å²) in [5.74, 6) is 2.58. The van der Waals surface area contributed by atoms with Crippen LogP contribution in [0.15, 0.2) is 0 Å². The van der Waals surface area contributed by atoms with Crippen molar-refractivity contribution in [3.8, 4) is 0 Å². The lowest BCUT2D eigenvalue weighted by molar-refractivity contribution is -0.251. The summed E-state index contributed by atoms with van der Waals surface area (Å²) >= 11 is 0. The highest BCUT2D eigenvalue weighted by Crippen LogP contribution is 2.77. The Morgan fingerprint density at radius 1 is 0.816 bits per heavy atom. The third-order valence-electron chi connectivity index (χ3n) is 14.2. The van der Waals surface area contributed by atoms with Crippen molar-refractivity contribution in [2.75, 3.05) is 6.79 Å². The Balaban J connectivity index is 1.49. The van der Waals surface area contributed by atoms with Crippen molar-refractivity contribution in [2.45, 2.75) is 126 Å². The second-order valence-electron chi connectivity index (χ2n) is 15.9. The van der Waals surface area contributed by atoms with Gasteiger partial charge in [0, 0.05) is 6.92 Å². The lowest BCUT2D eigenvalue weighted by atomic mass is 9.32. The van der Waals surface area contributed by atoms with Crippen molar-refractivity contribution >= 4 is 11.9 Å². The molecule has 5 rings (SSSR count). The Kier molecular flexibility index (Phi) is 6.89. The van der Waals surface area contributed by atoms with Crippen LogP contribution >= 0.6 is 0 Å². The molecule has 0 amide bonds. The van der Waals surface area contributed by atoms with Gasteiger partial charge in [-0.2, -0.15) is 0 Å². The van der Waals surface area contributed by atoms with Crippen molar-refractivity contribution < 1.29 is 24.2 Å². The van der Waals surface area contributed by atoms with E-state index in [1.54, 1.807) is 0 Å². The molecule has 0 radical (unpaired) electrons. The molecular weight excluding hydrogens is 476 g/mol. The molecule has 0 aliphatic heterocycles. The molecule has 5 aliphatic rings. The summed E-state index contributed by atoms with van der Waals surface area (Å²) in [7, 11) is 0. The number of hydrogen-bond donors (Lipinski definition) is 1. The zero-order valence-electron chi connectivity index (χ0n) is 25.4. The van der Waals surface area contributed by atoms with Gasteiger partial charge in [-0.3, -0.25) is 9.59 Å². The quantitative estimate of drug-likeness (QED) is 0.309. The number of ether oxygens (including phenoxy) is 2. The number of aliphatic hydroxyl groups is 1. The van der Waals surface area contributed by atoms with Crippen LogP contribution in [-0.2, 0) is 19.1 Å². The molecule has 10 atom stereocenters. The minimum absolute atomic E-state index is 0.0340. The highest BCUT2D eigenvalue weighted by Gasteiger charge is 2.72. The van der Waals surface area contributed by atoms with E-state index in [-0.39, 0.29) is 40.5 Å². The number of aliphatic hydroxyl groups excluding tert-OH is 1. The lowest BCUT2D eigenvalue weighted by Gasteiger charge is -2.72. The first-order valence-electron chi connectivity index (χ1n) is 15.6. The van der Waals surface area contributed by atoms with Gasteiger partial charge in [-0.1, -0.05) is 48.5 Å². The highest BCUT2D eigenvalue weighted by atomic mass is 16.7. The average molecular weight is 531 g/mol. The Labute approximate surface area is 231 Å². The van der Waals surface area contributed by atoms with Crippen molar-refractivity contribution in [1.29, 1.82) is 0 Å². The molecule has 0 saturated heterocycles. The van der Waals surface area contributed by atoms with Gasteiger partial charge in [0.25, 0.3) is 0 Å². The predicted octanol–water partition coefficient (Wildman–Crippen LogP) is 7.15. The summed E-state index contributed by atoms with van der Waals surface area (Å²) in [5, 5.41) is 11.0. The smallest absolute Gasteiger partial charge is 0.315 e. The molecule has 38 heavy (non-hydrogen) atoms. The molecule has 5 saturated carbocycles. The number of carbonyl (C=O) groups is 2. The molecule has 5 nitrogen and oxygen atoms in total. The molecular formula is C33H54O5. The standard InChI is InChI=1S/C33H54O5/c1-20(2)22-11-16-33(28(36)38-19-37-21(3)34)18-17-31(7)23(27(22)33)9-10-25-30(6)14-13-26(35)29(4,5)24(30)12-15-32(25,31)8/h20,22-27,35H,9-19H2,1-8H3/t22?,23-,24?,25-,26+,27?,30+,31-,32-,33+/m1/s1. The van der Waals surface area contributed by atoms with Gasteiger partial charge < -0.3 is 14.6 Å². The molecule has 0 heterocycles. The van der Waals surface area contributed by atoms with Crippen LogP contribution in [-0.4, -0.2) is 29.9 Å². The molecule has 0 aromatic heterocycles. The van der Waals surface area contributed by atoms with Crippen molar-refractivity contribution in [1.82, 2.24) is 0 Å². The third-order valence-corrected chi connectivity index (χ3v) is 14.2. The Hall–Kier alpha value is -1.10. The van der Waals surface area contributed by atoms with E-state index < -0.39 is 11.4 Å². The maximum Gasteiger partial charge on any atom is 0.315 e. The number of carbonyl (C=O) groups excluding carboxylic acids is 2. The second kappa shape index (κ2) is 9.21. The van der Waals surface area contributed by atoms with Crippen molar-refractivity contribution in [2.24, 2.45) is 62.6 Å². The van der Waals surface area contributed by atoms with E-state index in [0.717, 1.165) is 38.5 Å². The summed E-state index contributed by atoms with van der Waals surface area (Å²) in [6.07, 6.45) is 10.6. The molecule has 0 aromatic rings. The molecule has 0 aromatic carbocycles. The number of esters is 2. The van der Waals surface area contributed by atoms with E-state index in [1.807, 2.05) is 0 Å². The SMILES string of the molecule is CC(=O)OCOC(=O)[C@]12CCC(C(C)C)C1[C@H]1CC[C@@H]3[C@@]4(C)CC[C@H](O)C(C)(C)C4CC[C@@]3(C)[C@]1(C)CC2.